The second-order valence-electron chi connectivity index (χ2n) is 9.00. The van der Waals surface area contributed by atoms with Crippen molar-refractivity contribution in [3.8, 4) is 23.1 Å². The fraction of sp³-hybridized carbons (Fsp3) is 0.286. The Balaban J connectivity index is 1.57. The zero-order chi connectivity index (χ0) is 22.8. The highest BCUT2D eigenvalue weighted by Crippen LogP contribution is 2.43. The second kappa shape index (κ2) is 8.99. The van der Waals surface area contributed by atoms with Crippen LogP contribution >= 0.6 is 0 Å². The summed E-state index contributed by atoms with van der Waals surface area (Å²) in [6, 6.07) is 21.7. The summed E-state index contributed by atoms with van der Waals surface area (Å²) in [5.74, 6) is 0.803. The number of fused-ring (bicyclic) bond motifs is 1. The molecule has 2 aromatic heterocycles. The van der Waals surface area contributed by atoms with Crippen molar-refractivity contribution in [3.63, 3.8) is 0 Å². The predicted molar refractivity (Wildman–Crippen MR) is 132 cm³/mol. The number of aromatic nitrogens is 2. The van der Waals surface area contributed by atoms with Crippen molar-refractivity contribution < 1.29 is 4.74 Å². The normalized spacial score (nSPS) is 13.6. The third kappa shape index (κ3) is 4.17. The highest BCUT2D eigenvalue weighted by atomic mass is 16.5. The largest absolute Gasteiger partial charge is 0.489 e. The molecule has 33 heavy (non-hydrogen) atoms. The zero-order valence-electron chi connectivity index (χ0n) is 19.1. The van der Waals surface area contributed by atoms with E-state index in [4.69, 9.17) is 4.74 Å². The molecular formula is C28H28N4O. The van der Waals surface area contributed by atoms with E-state index in [-0.39, 0.29) is 0 Å². The summed E-state index contributed by atoms with van der Waals surface area (Å²) in [5, 5.41) is 14.6. The van der Waals surface area contributed by atoms with Gasteiger partial charge in [-0.15, -0.1) is 0 Å². The van der Waals surface area contributed by atoms with Crippen molar-refractivity contribution in [1.82, 2.24) is 9.55 Å². The molecule has 0 atom stereocenters. The molecule has 0 unspecified atom stereocenters. The van der Waals surface area contributed by atoms with Gasteiger partial charge in [-0.1, -0.05) is 18.2 Å². The molecule has 5 rings (SSSR count). The van der Waals surface area contributed by atoms with E-state index in [0.29, 0.717) is 18.7 Å². The van der Waals surface area contributed by atoms with Gasteiger partial charge in [0.05, 0.1) is 16.8 Å². The van der Waals surface area contributed by atoms with Crippen LogP contribution in [0.1, 0.15) is 50.3 Å². The Morgan fingerprint density at radius 3 is 2.61 bits per heavy atom. The van der Waals surface area contributed by atoms with Crippen LogP contribution in [0.5, 0.6) is 5.75 Å². The van der Waals surface area contributed by atoms with E-state index in [2.05, 4.69) is 65.1 Å². The van der Waals surface area contributed by atoms with Crippen molar-refractivity contribution in [2.75, 3.05) is 5.32 Å². The van der Waals surface area contributed by atoms with Gasteiger partial charge in [0.15, 0.2) is 0 Å². The van der Waals surface area contributed by atoms with Gasteiger partial charge in [-0.3, -0.25) is 4.98 Å². The Bertz CT molecular complexity index is 1300. The van der Waals surface area contributed by atoms with Crippen LogP contribution in [0.2, 0.25) is 0 Å². The Hall–Kier alpha value is -3.78. The topological polar surface area (TPSA) is 62.9 Å². The number of ether oxygens (including phenoxy) is 1. The second-order valence-corrected chi connectivity index (χ2v) is 9.00. The van der Waals surface area contributed by atoms with Crippen LogP contribution < -0.4 is 10.1 Å². The van der Waals surface area contributed by atoms with Crippen LogP contribution in [0.25, 0.3) is 22.2 Å². The van der Waals surface area contributed by atoms with Gasteiger partial charge >= 0.3 is 0 Å². The molecule has 4 aromatic rings. The Morgan fingerprint density at radius 1 is 1.15 bits per heavy atom. The van der Waals surface area contributed by atoms with Crippen LogP contribution in [0.4, 0.5) is 5.69 Å². The molecule has 166 valence electrons. The van der Waals surface area contributed by atoms with Crippen molar-refractivity contribution in [2.45, 2.75) is 51.8 Å². The summed E-state index contributed by atoms with van der Waals surface area (Å²) in [6.07, 6.45) is 7.07. The Kier molecular flexibility index (Phi) is 5.75. The molecule has 5 heteroatoms. The van der Waals surface area contributed by atoms with E-state index < -0.39 is 0 Å². The summed E-state index contributed by atoms with van der Waals surface area (Å²) >= 11 is 0. The number of hydrogen-bond donors (Lipinski definition) is 1. The van der Waals surface area contributed by atoms with Gasteiger partial charge in [0.25, 0.3) is 0 Å². The van der Waals surface area contributed by atoms with Crippen molar-refractivity contribution in [3.05, 3.63) is 78.1 Å². The van der Waals surface area contributed by atoms with E-state index in [9.17, 15) is 5.26 Å². The molecule has 0 aliphatic heterocycles. The number of anilines is 1. The molecule has 0 spiro atoms. The summed E-state index contributed by atoms with van der Waals surface area (Å²) in [4.78, 5) is 4.16. The number of nitrogens with zero attached hydrogens (tertiary/aromatic N) is 3. The fourth-order valence-electron chi connectivity index (χ4n) is 4.51. The molecule has 0 amide bonds. The van der Waals surface area contributed by atoms with Gasteiger partial charge in [-0.25, -0.2) is 0 Å². The van der Waals surface area contributed by atoms with Crippen molar-refractivity contribution >= 4 is 16.6 Å². The molecule has 0 radical (unpaired) electrons. The number of hydrogen-bond acceptors (Lipinski definition) is 4. The highest BCUT2D eigenvalue weighted by Gasteiger charge is 2.28. The smallest absolute Gasteiger partial charge is 0.121 e. The zero-order valence-corrected chi connectivity index (χ0v) is 19.1. The van der Waals surface area contributed by atoms with Gasteiger partial charge in [0, 0.05) is 47.2 Å². The predicted octanol–water partition coefficient (Wildman–Crippen LogP) is 6.70. The molecule has 2 heterocycles. The number of nitrogens with one attached hydrogen (secondary N) is 1. The van der Waals surface area contributed by atoms with Crippen molar-refractivity contribution in [2.24, 2.45) is 0 Å². The fourth-order valence-corrected chi connectivity index (χ4v) is 4.51. The third-order valence-corrected chi connectivity index (χ3v) is 6.27. The van der Waals surface area contributed by atoms with E-state index >= 15 is 0 Å². The first-order chi connectivity index (χ1) is 16.1. The lowest BCUT2D eigenvalue weighted by molar-refractivity contribution is 0.305. The van der Waals surface area contributed by atoms with Gasteiger partial charge in [0.2, 0.25) is 0 Å². The number of rotatable bonds is 7. The van der Waals surface area contributed by atoms with E-state index in [1.54, 1.807) is 6.20 Å². The van der Waals surface area contributed by atoms with Gasteiger partial charge in [0.1, 0.15) is 18.4 Å². The highest BCUT2D eigenvalue weighted by molar-refractivity contribution is 5.95. The minimum atomic E-state index is 0.372. The average Bonchev–Trinajstić information content (AvgIpc) is 3.11. The summed E-state index contributed by atoms with van der Waals surface area (Å²) < 4.78 is 8.46. The van der Waals surface area contributed by atoms with E-state index in [1.165, 1.54) is 6.42 Å². The van der Waals surface area contributed by atoms with Crippen LogP contribution in [0, 0.1) is 11.3 Å². The number of benzene rings is 2. The van der Waals surface area contributed by atoms with E-state index in [0.717, 1.165) is 57.6 Å². The summed E-state index contributed by atoms with van der Waals surface area (Å²) in [7, 11) is 0. The monoisotopic (exact) mass is 436 g/mol. The molecule has 1 aliphatic carbocycles. The van der Waals surface area contributed by atoms with Crippen LogP contribution in [0.15, 0.2) is 67.0 Å². The van der Waals surface area contributed by atoms with Crippen molar-refractivity contribution in [1.29, 1.82) is 5.26 Å². The maximum atomic E-state index is 10.1. The molecule has 2 aromatic carbocycles. The van der Waals surface area contributed by atoms with Crippen LogP contribution in [-0.2, 0) is 6.61 Å². The lowest BCUT2D eigenvalue weighted by atomic mass is 9.92. The summed E-state index contributed by atoms with van der Waals surface area (Å²) in [5.41, 5.74) is 6.00. The molecule has 0 bridgehead atoms. The minimum absolute atomic E-state index is 0.372. The van der Waals surface area contributed by atoms with Crippen LogP contribution in [0.3, 0.4) is 0 Å². The first kappa shape index (κ1) is 21.1. The molecule has 5 nitrogen and oxygen atoms in total. The molecular weight excluding hydrogens is 408 g/mol. The molecule has 1 aliphatic rings. The quantitative estimate of drug-likeness (QED) is 0.350. The lowest BCUT2D eigenvalue weighted by Crippen LogP contribution is -2.18. The molecule has 1 fully saturated rings. The van der Waals surface area contributed by atoms with Gasteiger partial charge in [-0.2, -0.15) is 5.26 Å². The molecule has 0 saturated heterocycles. The average molecular weight is 437 g/mol. The maximum Gasteiger partial charge on any atom is 0.121 e. The summed E-state index contributed by atoms with van der Waals surface area (Å²) in [6.45, 7) is 4.72. The number of pyridine rings is 1. The standard InChI is InChI=1S/C28H28N4O/c1-19(2)31-22-10-8-21(9-11-22)28-26(16-29)25-13-12-24(33-18-20-5-4-14-30-17-20)15-27(25)32(28)23-6-3-7-23/h4-5,8-15,17,19,23,31H,3,6-7,18H2,1-2H3. The molecule has 1 N–H and O–H groups in total. The molecule has 1 saturated carbocycles. The van der Waals surface area contributed by atoms with E-state index in [1.807, 2.05) is 30.5 Å². The SMILES string of the molecule is CC(C)Nc1ccc(-c2c(C#N)c3ccc(OCc4cccnc4)cc3n2C2CCC2)cc1. The van der Waals surface area contributed by atoms with Crippen LogP contribution in [-0.4, -0.2) is 15.6 Å². The first-order valence-corrected chi connectivity index (χ1v) is 11.6. The van der Waals surface area contributed by atoms with Gasteiger partial charge in [-0.05, 0) is 69.0 Å². The Morgan fingerprint density at radius 2 is 1.97 bits per heavy atom. The maximum absolute atomic E-state index is 10.1. The minimum Gasteiger partial charge on any atom is -0.489 e. The number of nitriles is 1. The Labute approximate surface area is 194 Å². The third-order valence-electron chi connectivity index (χ3n) is 6.27. The lowest BCUT2D eigenvalue weighted by Gasteiger charge is -2.30. The first-order valence-electron chi connectivity index (χ1n) is 11.6. The van der Waals surface area contributed by atoms with Gasteiger partial charge < -0.3 is 14.6 Å².